The Hall–Kier alpha value is 0. The third-order valence-electron chi connectivity index (χ3n) is 5.00. The Balaban J connectivity index is 1.79. The Bertz CT molecular complexity index is 202. The fraction of sp³-hybridized carbons (Fsp3) is 1.00. The first-order chi connectivity index (χ1) is 5.72. The molecule has 0 aliphatic heterocycles. The van der Waals surface area contributed by atoms with Gasteiger partial charge in [-0.1, -0.05) is 20.3 Å². The molecule has 3 aliphatic carbocycles. The fourth-order valence-corrected chi connectivity index (χ4v) is 4.48. The third kappa shape index (κ3) is 0.744. The van der Waals surface area contributed by atoms with Gasteiger partial charge in [-0.15, -0.1) is 0 Å². The van der Waals surface area contributed by atoms with E-state index in [0.29, 0.717) is 0 Å². The summed E-state index contributed by atoms with van der Waals surface area (Å²) in [7, 11) is 0. The molecule has 0 aromatic heterocycles. The molecule has 0 heterocycles. The molecule has 3 saturated carbocycles. The standard InChI is InChI=1S/C12H20/c1-8-3-4-12-7-9(2)6-11(12)10(12)5-8/h8-11H,3-7H2,1-2H3. The average Bonchev–Trinajstić information content (AvgIpc) is 2.49. The van der Waals surface area contributed by atoms with Crippen molar-refractivity contribution in [2.75, 3.05) is 0 Å². The highest BCUT2D eigenvalue weighted by molar-refractivity contribution is 5.16. The van der Waals surface area contributed by atoms with E-state index in [1.54, 1.807) is 25.7 Å². The quantitative estimate of drug-likeness (QED) is 0.514. The monoisotopic (exact) mass is 164 g/mol. The Labute approximate surface area is 75.7 Å². The summed E-state index contributed by atoms with van der Waals surface area (Å²) in [6.07, 6.45) is 7.82. The van der Waals surface area contributed by atoms with Crippen molar-refractivity contribution in [3.63, 3.8) is 0 Å². The zero-order valence-corrected chi connectivity index (χ0v) is 8.34. The van der Waals surface area contributed by atoms with Gasteiger partial charge in [0.25, 0.3) is 0 Å². The molecule has 0 radical (unpaired) electrons. The van der Waals surface area contributed by atoms with Gasteiger partial charge in [-0.2, -0.15) is 0 Å². The van der Waals surface area contributed by atoms with Crippen molar-refractivity contribution in [3.8, 4) is 0 Å². The Morgan fingerprint density at radius 1 is 1.00 bits per heavy atom. The highest BCUT2D eigenvalue weighted by Gasteiger charge is 2.68. The second-order valence-electron chi connectivity index (χ2n) is 5.87. The molecule has 0 nitrogen and oxygen atoms in total. The van der Waals surface area contributed by atoms with E-state index in [1.807, 2.05) is 0 Å². The molecule has 0 aromatic rings. The SMILES string of the molecule is CC1CCC23CC(C)CC2C3C1. The molecule has 0 amide bonds. The first-order valence-electron chi connectivity index (χ1n) is 5.72. The highest BCUT2D eigenvalue weighted by atomic mass is 14.7. The number of hydrogen-bond donors (Lipinski definition) is 0. The van der Waals surface area contributed by atoms with Crippen LogP contribution in [0.25, 0.3) is 0 Å². The maximum absolute atomic E-state index is 2.45. The van der Waals surface area contributed by atoms with Crippen LogP contribution in [0.4, 0.5) is 0 Å². The molecule has 1 spiro atoms. The molecule has 0 bridgehead atoms. The largest absolute Gasteiger partial charge is 0.0625 e. The van der Waals surface area contributed by atoms with Crippen molar-refractivity contribution in [2.45, 2.75) is 46.0 Å². The first kappa shape index (κ1) is 7.41. The van der Waals surface area contributed by atoms with Gasteiger partial charge in [-0.3, -0.25) is 0 Å². The van der Waals surface area contributed by atoms with E-state index in [0.717, 1.165) is 17.3 Å². The highest BCUT2D eigenvalue weighted by Crippen LogP contribution is 2.75. The summed E-state index contributed by atoms with van der Waals surface area (Å²) >= 11 is 0. The van der Waals surface area contributed by atoms with Crippen LogP contribution in [0.1, 0.15) is 46.0 Å². The molecule has 3 rings (SSSR count). The van der Waals surface area contributed by atoms with Crippen molar-refractivity contribution in [2.24, 2.45) is 29.1 Å². The summed E-state index contributed by atoms with van der Waals surface area (Å²) in [5, 5.41) is 0. The van der Waals surface area contributed by atoms with E-state index in [2.05, 4.69) is 13.8 Å². The predicted molar refractivity (Wildman–Crippen MR) is 50.8 cm³/mol. The van der Waals surface area contributed by atoms with Crippen LogP contribution in [0.3, 0.4) is 0 Å². The zero-order valence-electron chi connectivity index (χ0n) is 8.34. The van der Waals surface area contributed by atoms with Crippen LogP contribution >= 0.6 is 0 Å². The van der Waals surface area contributed by atoms with Gasteiger partial charge in [0.05, 0.1) is 0 Å². The van der Waals surface area contributed by atoms with Crippen LogP contribution in [0, 0.1) is 29.1 Å². The predicted octanol–water partition coefficient (Wildman–Crippen LogP) is 3.47. The van der Waals surface area contributed by atoms with E-state index in [9.17, 15) is 0 Å². The van der Waals surface area contributed by atoms with E-state index < -0.39 is 0 Å². The minimum absolute atomic E-state index is 0.909. The second-order valence-corrected chi connectivity index (χ2v) is 5.87. The van der Waals surface area contributed by atoms with Gasteiger partial charge in [0.15, 0.2) is 0 Å². The topological polar surface area (TPSA) is 0 Å². The van der Waals surface area contributed by atoms with Gasteiger partial charge in [0, 0.05) is 0 Å². The van der Waals surface area contributed by atoms with Crippen LogP contribution in [-0.2, 0) is 0 Å². The maximum Gasteiger partial charge on any atom is -0.0232 e. The Kier molecular flexibility index (Phi) is 1.28. The Morgan fingerprint density at radius 3 is 2.42 bits per heavy atom. The number of rotatable bonds is 0. The molecule has 0 saturated heterocycles. The van der Waals surface area contributed by atoms with Crippen molar-refractivity contribution >= 4 is 0 Å². The van der Waals surface area contributed by atoms with E-state index in [1.165, 1.54) is 18.3 Å². The number of fused-ring (bicyclic) bond motifs is 1. The summed E-state index contributed by atoms with van der Waals surface area (Å²) in [6, 6.07) is 0. The molecule has 0 N–H and O–H groups in total. The van der Waals surface area contributed by atoms with Crippen molar-refractivity contribution in [3.05, 3.63) is 0 Å². The summed E-state index contributed by atoms with van der Waals surface area (Å²) in [5.41, 5.74) is 0.909. The Morgan fingerprint density at radius 2 is 1.67 bits per heavy atom. The maximum atomic E-state index is 2.45. The van der Waals surface area contributed by atoms with E-state index in [-0.39, 0.29) is 0 Å². The normalized spacial score (nSPS) is 62.5. The minimum Gasteiger partial charge on any atom is -0.0625 e. The van der Waals surface area contributed by atoms with Gasteiger partial charge in [-0.25, -0.2) is 0 Å². The summed E-state index contributed by atoms with van der Waals surface area (Å²) in [5.74, 6) is 4.45. The van der Waals surface area contributed by atoms with Crippen LogP contribution in [0.2, 0.25) is 0 Å². The summed E-state index contributed by atoms with van der Waals surface area (Å²) < 4.78 is 0. The van der Waals surface area contributed by atoms with Crippen LogP contribution in [-0.4, -0.2) is 0 Å². The van der Waals surface area contributed by atoms with Gasteiger partial charge in [0.2, 0.25) is 0 Å². The average molecular weight is 164 g/mol. The molecule has 5 unspecified atom stereocenters. The van der Waals surface area contributed by atoms with Crippen LogP contribution in [0.15, 0.2) is 0 Å². The molecular weight excluding hydrogens is 144 g/mol. The lowest BCUT2D eigenvalue weighted by Gasteiger charge is -2.26. The van der Waals surface area contributed by atoms with Crippen LogP contribution in [0.5, 0.6) is 0 Å². The van der Waals surface area contributed by atoms with Gasteiger partial charge in [0.1, 0.15) is 0 Å². The summed E-state index contributed by atoms with van der Waals surface area (Å²) in [6.45, 7) is 4.90. The van der Waals surface area contributed by atoms with Crippen LogP contribution < -0.4 is 0 Å². The zero-order chi connectivity index (χ0) is 8.34. The lowest BCUT2D eigenvalue weighted by Crippen LogP contribution is -2.15. The lowest BCUT2D eigenvalue weighted by molar-refractivity contribution is 0.247. The third-order valence-corrected chi connectivity index (χ3v) is 5.00. The molecule has 0 heteroatoms. The van der Waals surface area contributed by atoms with Gasteiger partial charge < -0.3 is 0 Å². The summed E-state index contributed by atoms with van der Waals surface area (Å²) in [4.78, 5) is 0. The molecule has 3 aliphatic rings. The van der Waals surface area contributed by atoms with E-state index >= 15 is 0 Å². The molecular formula is C12H20. The van der Waals surface area contributed by atoms with Gasteiger partial charge >= 0.3 is 0 Å². The lowest BCUT2D eigenvalue weighted by atomic mass is 9.79. The molecule has 68 valence electrons. The van der Waals surface area contributed by atoms with Gasteiger partial charge in [-0.05, 0) is 54.8 Å². The van der Waals surface area contributed by atoms with Crippen molar-refractivity contribution < 1.29 is 0 Å². The minimum atomic E-state index is 0.909. The smallest absolute Gasteiger partial charge is 0.0232 e. The van der Waals surface area contributed by atoms with E-state index in [4.69, 9.17) is 0 Å². The van der Waals surface area contributed by atoms with Crippen molar-refractivity contribution in [1.29, 1.82) is 0 Å². The number of hydrogen-bond acceptors (Lipinski definition) is 0. The fourth-order valence-electron chi connectivity index (χ4n) is 4.48. The molecule has 12 heavy (non-hydrogen) atoms. The second kappa shape index (κ2) is 2.08. The molecule has 0 aromatic carbocycles. The van der Waals surface area contributed by atoms with Crippen molar-refractivity contribution in [1.82, 2.24) is 0 Å². The molecule has 5 atom stereocenters. The molecule has 3 fully saturated rings. The first-order valence-corrected chi connectivity index (χ1v) is 5.72.